The maximum Gasteiger partial charge on any atom is 0.264 e. The van der Waals surface area contributed by atoms with E-state index in [-0.39, 0.29) is 4.90 Å². The SMILES string of the molecule is COc1ccc(N(CC(=O)N/N=C\c2ccc(-c3ccc(Cl)cc3Cl)o2)S(=O)(=O)c2ccccc2)cc1. The molecular formula is C26H21Cl2N3O5S. The van der Waals surface area contributed by atoms with Crippen LogP contribution < -0.4 is 14.5 Å². The summed E-state index contributed by atoms with van der Waals surface area (Å²) in [4.78, 5) is 12.8. The van der Waals surface area contributed by atoms with Crippen LogP contribution in [0.1, 0.15) is 5.76 Å². The number of carbonyl (C=O) groups excluding carboxylic acids is 1. The number of nitrogens with one attached hydrogen (secondary N) is 1. The van der Waals surface area contributed by atoms with E-state index in [9.17, 15) is 13.2 Å². The van der Waals surface area contributed by atoms with Crippen molar-refractivity contribution in [2.75, 3.05) is 18.0 Å². The van der Waals surface area contributed by atoms with Crippen LogP contribution in [0.3, 0.4) is 0 Å². The number of carbonyl (C=O) groups is 1. The molecule has 0 saturated carbocycles. The van der Waals surface area contributed by atoms with E-state index >= 15 is 0 Å². The molecule has 37 heavy (non-hydrogen) atoms. The Kier molecular flexibility index (Phi) is 8.17. The number of rotatable bonds is 9. The molecule has 190 valence electrons. The average Bonchev–Trinajstić information content (AvgIpc) is 3.36. The zero-order valence-electron chi connectivity index (χ0n) is 19.5. The summed E-state index contributed by atoms with van der Waals surface area (Å²) >= 11 is 12.2. The maximum absolute atomic E-state index is 13.3. The van der Waals surface area contributed by atoms with Gasteiger partial charge in [0.05, 0.1) is 28.9 Å². The Morgan fingerprint density at radius 1 is 1.03 bits per heavy atom. The van der Waals surface area contributed by atoms with Gasteiger partial charge in [0.1, 0.15) is 23.8 Å². The van der Waals surface area contributed by atoms with E-state index in [1.165, 1.54) is 25.5 Å². The van der Waals surface area contributed by atoms with Crippen molar-refractivity contribution in [1.29, 1.82) is 0 Å². The molecule has 0 atom stereocenters. The van der Waals surface area contributed by atoms with Crippen LogP contribution in [-0.2, 0) is 14.8 Å². The van der Waals surface area contributed by atoms with E-state index in [0.717, 1.165) is 4.31 Å². The molecule has 0 aliphatic heterocycles. The number of halogens is 2. The Bertz CT molecular complexity index is 1520. The van der Waals surface area contributed by atoms with Gasteiger partial charge in [-0.2, -0.15) is 5.10 Å². The Balaban J connectivity index is 1.50. The Morgan fingerprint density at radius 3 is 2.43 bits per heavy atom. The molecule has 0 aliphatic rings. The lowest BCUT2D eigenvalue weighted by atomic mass is 10.2. The van der Waals surface area contributed by atoms with Crippen molar-refractivity contribution >= 4 is 51.0 Å². The van der Waals surface area contributed by atoms with Crippen molar-refractivity contribution in [2.45, 2.75) is 4.90 Å². The molecule has 1 aromatic heterocycles. The van der Waals surface area contributed by atoms with Crippen LogP contribution in [0.5, 0.6) is 5.75 Å². The van der Waals surface area contributed by atoms with Crippen LogP contribution in [-0.4, -0.2) is 34.2 Å². The van der Waals surface area contributed by atoms with Crippen molar-refractivity contribution in [1.82, 2.24) is 5.43 Å². The number of hydrogen-bond donors (Lipinski definition) is 1. The molecule has 0 spiro atoms. The number of ether oxygens (including phenoxy) is 1. The van der Waals surface area contributed by atoms with E-state index in [0.29, 0.717) is 38.6 Å². The third-order valence-electron chi connectivity index (χ3n) is 5.18. The monoisotopic (exact) mass is 557 g/mol. The largest absolute Gasteiger partial charge is 0.497 e. The van der Waals surface area contributed by atoms with Gasteiger partial charge in [0.2, 0.25) is 0 Å². The van der Waals surface area contributed by atoms with E-state index in [1.807, 2.05) is 0 Å². The fourth-order valence-electron chi connectivity index (χ4n) is 3.37. The summed E-state index contributed by atoms with van der Waals surface area (Å²) in [6.45, 7) is -0.509. The molecule has 0 bridgehead atoms. The minimum absolute atomic E-state index is 0.0473. The first-order valence-electron chi connectivity index (χ1n) is 10.9. The number of nitrogens with zero attached hydrogens (tertiary/aromatic N) is 2. The third kappa shape index (κ3) is 6.32. The van der Waals surface area contributed by atoms with E-state index in [2.05, 4.69) is 10.5 Å². The predicted molar refractivity (Wildman–Crippen MR) is 144 cm³/mol. The Labute approximate surface area is 224 Å². The number of anilines is 1. The number of benzene rings is 3. The molecule has 0 radical (unpaired) electrons. The normalized spacial score (nSPS) is 11.4. The first kappa shape index (κ1) is 26.3. The summed E-state index contributed by atoms with van der Waals surface area (Å²) in [5, 5.41) is 4.83. The Hall–Kier alpha value is -3.79. The fourth-order valence-corrected chi connectivity index (χ4v) is 5.32. The summed E-state index contributed by atoms with van der Waals surface area (Å²) in [5.74, 6) is 0.742. The second-order valence-electron chi connectivity index (χ2n) is 7.64. The highest BCUT2D eigenvalue weighted by atomic mass is 35.5. The molecule has 1 N–H and O–H groups in total. The summed E-state index contributed by atoms with van der Waals surface area (Å²) in [5.41, 5.74) is 3.28. The molecule has 4 aromatic rings. The van der Waals surface area contributed by atoms with Crippen LogP contribution in [0.4, 0.5) is 5.69 Å². The second-order valence-corrected chi connectivity index (χ2v) is 10.3. The predicted octanol–water partition coefficient (Wildman–Crippen LogP) is 5.61. The highest BCUT2D eigenvalue weighted by molar-refractivity contribution is 7.92. The van der Waals surface area contributed by atoms with Gasteiger partial charge in [0.25, 0.3) is 15.9 Å². The quantitative estimate of drug-likeness (QED) is 0.213. The van der Waals surface area contributed by atoms with Crippen molar-refractivity contribution in [2.24, 2.45) is 5.10 Å². The highest BCUT2D eigenvalue weighted by Crippen LogP contribution is 2.31. The Morgan fingerprint density at radius 2 is 1.76 bits per heavy atom. The van der Waals surface area contributed by atoms with Gasteiger partial charge in [-0.15, -0.1) is 0 Å². The smallest absolute Gasteiger partial charge is 0.264 e. The standard InChI is InChI=1S/C26H21Cl2N3O5S/c1-35-20-10-8-19(9-11-20)31(37(33,34)22-5-3-2-4-6-22)17-26(32)30-29-16-21-12-14-25(36-21)23-13-7-18(27)15-24(23)28/h2-16H,17H2,1H3,(H,30,32)/b29-16-. The van der Waals surface area contributed by atoms with Gasteiger partial charge in [-0.25, -0.2) is 13.8 Å². The van der Waals surface area contributed by atoms with Crippen molar-refractivity contribution in [3.63, 3.8) is 0 Å². The summed E-state index contributed by atoms with van der Waals surface area (Å²) in [6, 6.07) is 22.6. The molecule has 0 saturated heterocycles. The first-order chi connectivity index (χ1) is 17.8. The van der Waals surface area contributed by atoms with Gasteiger partial charge in [0, 0.05) is 10.6 Å². The van der Waals surface area contributed by atoms with Gasteiger partial charge in [-0.05, 0) is 66.7 Å². The summed E-state index contributed by atoms with van der Waals surface area (Å²) in [6.07, 6.45) is 1.30. The van der Waals surface area contributed by atoms with Gasteiger partial charge in [-0.1, -0.05) is 41.4 Å². The van der Waals surface area contributed by atoms with Crippen LogP contribution in [0.15, 0.2) is 99.3 Å². The lowest BCUT2D eigenvalue weighted by molar-refractivity contribution is -0.119. The topological polar surface area (TPSA) is 101 Å². The van der Waals surface area contributed by atoms with E-state index in [4.69, 9.17) is 32.4 Å². The summed E-state index contributed by atoms with van der Waals surface area (Å²) in [7, 11) is -2.54. The zero-order chi connectivity index (χ0) is 26.4. The minimum Gasteiger partial charge on any atom is -0.497 e. The molecule has 3 aromatic carbocycles. The number of hydrazone groups is 1. The molecule has 0 unspecified atom stereocenters. The second kappa shape index (κ2) is 11.5. The average molecular weight is 558 g/mol. The fraction of sp³-hybridized carbons (Fsp3) is 0.0769. The highest BCUT2D eigenvalue weighted by Gasteiger charge is 2.27. The van der Waals surface area contributed by atoms with E-state index in [1.54, 1.807) is 72.8 Å². The number of hydrogen-bond acceptors (Lipinski definition) is 6. The number of amides is 1. The van der Waals surface area contributed by atoms with Gasteiger partial charge in [0.15, 0.2) is 0 Å². The summed E-state index contributed by atoms with van der Waals surface area (Å²) < 4.78 is 38.6. The lowest BCUT2D eigenvalue weighted by Gasteiger charge is -2.23. The zero-order valence-corrected chi connectivity index (χ0v) is 21.8. The molecule has 4 rings (SSSR count). The third-order valence-corrected chi connectivity index (χ3v) is 7.52. The number of methoxy groups -OCH3 is 1. The van der Waals surface area contributed by atoms with Gasteiger partial charge >= 0.3 is 0 Å². The molecular weight excluding hydrogens is 537 g/mol. The lowest BCUT2D eigenvalue weighted by Crippen LogP contribution is -2.39. The molecule has 1 heterocycles. The van der Waals surface area contributed by atoms with Crippen LogP contribution in [0, 0.1) is 0 Å². The van der Waals surface area contributed by atoms with Crippen molar-refractivity contribution < 1.29 is 22.4 Å². The molecule has 0 aliphatic carbocycles. The maximum atomic E-state index is 13.3. The van der Waals surface area contributed by atoms with Gasteiger partial charge < -0.3 is 9.15 Å². The van der Waals surface area contributed by atoms with Crippen molar-refractivity contribution in [3.05, 3.63) is 101 Å². The van der Waals surface area contributed by atoms with E-state index < -0.39 is 22.5 Å². The number of sulfonamides is 1. The van der Waals surface area contributed by atoms with Crippen molar-refractivity contribution in [3.8, 4) is 17.1 Å². The van der Waals surface area contributed by atoms with Crippen LogP contribution in [0.2, 0.25) is 10.0 Å². The number of furan rings is 1. The molecule has 11 heteroatoms. The molecule has 8 nitrogen and oxygen atoms in total. The van der Waals surface area contributed by atoms with Crippen LogP contribution in [0.25, 0.3) is 11.3 Å². The molecule has 0 fully saturated rings. The minimum atomic E-state index is -4.04. The first-order valence-corrected chi connectivity index (χ1v) is 13.1. The van der Waals surface area contributed by atoms with Gasteiger partial charge in [-0.3, -0.25) is 9.10 Å². The molecule has 1 amide bonds. The van der Waals surface area contributed by atoms with Crippen LogP contribution >= 0.6 is 23.2 Å².